The van der Waals surface area contributed by atoms with E-state index in [2.05, 4.69) is 66.6 Å². The van der Waals surface area contributed by atoms with Crippen LogP contribution < -0.4 is 0 Å². The molecule has 23 heavy (non-hydrogen) atoms. The van der Waals surface area contributed by atoms with Crippen LogP contribution in [0.15, 0.2) is 68.1 Å². The van der Waals surface area contributed by atoms with Crippen molar-refractivity contribution in [2.24, 2.45) is 0 Å². The van der Waals surface area contributed by atoms with E-state index in [4.69, 9.17) is 0 Å². The van der Waals surface area contributed by atoms with E-state index >= 15 is 0 Å². The van der Waals surface area contributed by atoms with Crippen molar-refractivity contribution in [1.29, 1.82) is 0 Å². The van der Waals surface area contributed by atoms with Crippen molar-refractivity contribution in [2.75, 3.05) is 0 Å². The Kier molecular flexibility index (Phi) is 6.13. The second-order valence-electron chi connectivity index (χ2n) is 5.74. The molecule has 1 aliphatic heterocycles. The van der Waals surface area contributed by atoms with Crippen molar-refractivity contribution in [3.63, 3.8) is 0 Å². The third kappa shape index (κ3) is 4.16. The van der Waals surface area contributed by atoms with Gasteiger partial charge < -0.3 is 0 Å². The Morgan fingerprint density at radius 1 is 0.826 bits per heavy atom. The van der Waals surface area contributed by atoms with E-state index in [1.807, 2.05) is 11.8 Å². The van der Waals surface area contributed by atoms with Gasteiger partial charge in [-0.1, -0.05) is 68.6 Å². The third-order valence-corrected chi connectivity index (χ3v) is 7.29. The Morgan fingerprint density at radius 3 is 2.09 bits per heavy atom. The molecule has 1 aliphatic rings. The summed E-state index contributed by atoms with van der Waals surface area (Å²) < 4.78 is 0. The minimum Gasteiger partial charge on any atom is -0.0794 e. The highest BCUT2D eigenvalue weighted by atomic mass is 32.2. The molecule has 3 rings (SSSR count). The lowest BCUT2D eigenvalue weighted by atomic mass is 10.1. The number of hydrogen-bond acceptors (Lipinski definition) is 1. The molecule has 0 atom stereocenters. The fraction of sp³-hybridized carbons (Fsp3) is 0.333. The van der Waals surface area contributed by atoms with Gasteiger partial charge in [0, 0.05) is 6.42 Å². The summed E-state index contributed by atoms with van der Waals surface area (Å²) >= 11 is 1.88. The van der Waals surface area contributed by atoms with Gasteiger partial charge in [0.1, 0.15) is 0 Å². The molecule has 0 radical (unpaired) electrons. The highest BCUT2D eigenvalue weighted by Gasteiger charge is 2.34. The van der Waals surface area contributed by atoms with Crippen molar-refractivity contribution in [3.05, 3.63) is 48.5 Å². The average Bonchev–Trinajstić information content (AvgIpc) is 2.60. The van der Waals surface area contributed by atoms with Crippen molar-refractivity contribution >= 4 is 22.7 Å². The minimum atomic E-state index is -0.0853. The molecule has 0 N–H and O–H groups in total. The van der Waals surface area contributed by atoms with Gasteiger partial charge in [-0.15, -0.1) is 0 Å². The van der Waals surface area contributed by atoms with Gasteiger partial charge in [0.25, 0.3) is 0 Å². The van der Waals surface area contributed by atoms with E-state index in [1.165, 1.54) is 51.7 Å². The largest absolute Gasteiger partial charge is 0.189 e. The highest BCUT2D eigenvalue weighted by Crippen LogP contribution is 2.44. The summed E-state index contributed by atoms with van der Waals surface area (Å²) in [6.45, 7) is 2.26. The first-order valence-electron chi connectivity index (χ1n) is 8.49. The Hall–Kier alpha value is -1.30. The maximum absolute atomic E-state index is 3.59. The van der Waals surface area contributed by atoms with Gasteiger partial charge in [-0.05, 0) is 36.6 Å². The van der Waals surface area contributed by atoms with Gasteiger partial charge in [-0.25, -0.2) is 0 Å². The van der Waals surface area contributed by atoms with Crippen LogP contribution in [0.5, 0.6) is 0 Å². The Balaban J connectivity index is 1.74. The summed E-state index contributed by atoms with van der Waals surface area (Å²) in [4.78, 5) is 5.53. The predicted molar refractivity (Wildman–Crippen MR) is 102 cm³/mol. The molecule has 2 heteroatoms. The maximum atomic E-state index is 3.59. The van der Waals surface area contributed by atoms with Gasteiger partial charge in [-0.3, -0.25) is 0 Å². The number of fused-ring (bicyclic) bond motifs is 2. The fourth-order valence-electron chi connectivity index (χ4n) is 2.69. The predicted octanol–water partition coefficient (Wildman–Crippen LogP) is 6.51. The van der Waals surface area contributed by atoms with Crippen LogP contribution in [0.2, 0.25) is 0 Å². The molecule has 0 aliphatic carbocycles. The van der Waals surface area contributed by atoms with E-state index < -0.39 is 0 Å². The molecule has 0 fully saturated rings. The lowest BCUT2D eigenvalue weighted by Gasteiger charge is -2.14. The lowest BCUT2D eigenvalue weighted by molar-refractivity contribution is 0.641. The van der Waals surface area contributed by atoms with Gasteiger partial charge in [0.15, 0.2) is 25.9 Å². The third-order valence-electron chi connectivity index (χ3n) is 3.94. The Morgan fingerprint density at radius 2 is 1.43 bits per heavy atom. The Bertz CT molecular complexity index is 664. The van der Waals surface area contributed by atoms with Crippen LogP contribution in [-0.2, 0) is 10.9 Å². The summed E-state index contributed by atoms with van der Waals surface area (Å²) in [6.07, 6.45) is 7.61. The zero-order valence-electron chi connectivity index (χ0n) is 13.7. The Labute approximate surface area is 147 Å². The van der Waals surface area contributed by atoms with Crippen molar-refractivity contribution < 1.29 is 0 Å². The summed E-state index contributed by atoms with van der Waals surface area (Å²) in [5, 5.41) is 3.59. The SMILES string of the molecule is CCCCCCCC#C[S+]1c2ccccc2Sc2ccccc21. The topological polar surface area (TPSA) is 0 Å². The number of hydrogen-bond donors (Lipinski definition) is 0. The molecule has 0 bridgehead atoms. The molecule has 118 valence electrons. The molecule has 2 aromatic carbocycles. The van der Waals surface area contributed by atoms with Crippen LogP contribution in [0.4, 0.5) is 0 Å². The van der Waals surface area contributed by atoms with Crippen molar-refractivity contribution in [1.82, 2.24) is 0 Å². The second-order valence-corrected chi connectivity index (χ2v) is 8.52. The molecule has 0 spiro atoms. The maximum Gasteiger partial charge on any atom is 0.189 e. The van der Waals surface area contributed by atoms with Crippen LogP contribution in [0, 0.1) is 11.2 Å². The van der Waals surface area contributed by atoms with Crippen molar-refractivity contribution in [2.45, 2.75) is 65.0 Å². The van der Waals surface area contributed by atoms with Gasteiger partial charge in [-0.2, -0.15) is 0 Å². The minimum absolute atomic E-state index is 0.0853. The standard InChI is InChI=1S/C21H23S2/c1-2-3-4-5-6-7-12-17-23-20-15-10-8-13-18(20)22-19-14-9-11-16-21(19)23/h8-11,13-16H,2-7H2,1H3/q+1. The van der Waals surface area contributed by atoms with E-state index in [0.29, 0.717) is 0 Å². The molecule has 0 nitrogen and oxygen atoms in total. The first-order chi connectivity index (χ1) is 11.4. The second kappa shape index (κ2) is 8.52. The molecule has 1 heterocycles. The average molecular weight is 340 g/mol. The number of benzene rings is 2. The van der Waals surface area contributed by atoms with Crippen LogP contribution in [0.25, 0.3) is 0 Å². The molecule has 0 saturated heterocycles. The van der Waals surface area contributed by atoms with Gasteiger partial charge in [0.2, 0.25) is 0 Å². The lowest BCUT2D eigenvalue weighted by Crippen LogP contribution is -2.07. The molecular formula is C21H23S2+. The first kappa shape index (κ1) is 16.6. The normalized spacial score (nSPS) is 12.9. The van der Waals surface area contributed by atoms with E-state index in [9.17, 15) is 0 Å². The van der Waals surface area contributed by atoms with E-state index in [-0.39, 0.29) is 10.9 Å². The molecule has 0 unspecified atom stereocenters. The first-order valence-corrected chi connectivity index (χ1v) is 10.5. The molecule has 0 amide bonds. The quantitative estimate of drug-likeness (QED) is 0.340. The zero-order chi connectivity index (χ0) is 15.9. The zero-order valence-corrected chi connectivity index (χ0v) is 15.3. The summed E-state index contributed by atoms with van der Waals surface area (Å²) in [7, 11) is -0.0853. The summed E-state index contributed by atoms with van der Waals surface area (Å²) in [6, 6.07) is 17.5. The summed E-state index contributed by atoms with van der Waals surface area (Å²) in [5.74, 6) is 3.47. The smallest absolute Gasteiger partial charge is 0.0794 e. The van der Waals surface area contributed by atoms with Gasteiger partial charge >= 0.3 is 0 Å². The van der Waals surface area contributed by atoms with E-state index in [1.54, 1.807) is 0 Å². The van der Waals surface area contributed by atoms with Crippen LogP contribution >= 0.6 is 11.8 Å². The molecule has 2 aromatic rings. The fourth-order valence-corrected chi connectivity index (χ4v) is 5.98. The molecule has 0 aromatic heterocycles. The summed E-state index contributed by atoms with van der Waals surface area (Å²) in [5.41, 5.74) is 0. The highest BCUT2D eigenvalue weighted by molar-refractivity contribution is 8.06. The van der Waals surface area contributed by atoms with Crippen LogP contribution in [0.3, 0.4) is 0 Å². The molecule has 0 saturated carbocycles. The number of rotatable bonds is 5. The van der Waals surface area contributed by atoms with Crippen LogP contribution in [0.1, 0.15) is 45.4 Å². The van der Waals surface area contributed by atoms with Gasteiger partial charge in [0.05, 0.1) is 9.79 Å². The molecular weight excluding hydrogens is 316 g/mol. The van der Waals surface area contributed by atoms with Crippen molar-refractivity contribution in [3.8, 4) is 11.2 Å². The monoisotopic (exact) mass is 339 g/mol. The van der Waals surface area contributed by atoms with E-state index in [0.717, 1.165) is 6.42 Å². The number of unbranched alkanes of at least 4 members (excludes halogenated alkanes) is 5. The van der Waals surface area contributed by atoms with Crippen LogP contribution in [-0.4, -0.2) is 0 Å².